The van der Waals surface area contributed by atoms with Gasteiger partial charge in [0, 0.05) is 40.6 Å². The molecule has 0 saturated carbocycles. The number of anilines is 1. The standard InChI is InChI=1S/C23H21ClN4OS/c1-25-18-9-10-27(14-18)21-7-6-19(13-26-21)28-11-8-16-12-20(30-22(16)23(28)29)15-2-4-17(24)5-3-15/h2-8,11-13,18,25H,9-10,14H2,1H3/t18-/m1/s1. The second-order valence-corrected chi connectivity index (χ2v) is 8.98. The van der Waals surface area contributed by atoms with Crippen LogP contribution in [0.15, 0.2) is 65.7 Å². The van der Waals surface area contributed by atoms with Gasteiger partial charge in [-0.1, -0.05) is 23.7 Å². The third-order valence-corrected chi connectivity index (χ3v) is 7.08. The first kappa shape index (κ1) is 19.3. The first-order chi connectivity index (χ1) is 14.6. The first-order valence-electron chi connectivity index (χ1n) is 9.92. The Morgan fingerprint density at radius 3 is 2.70 bits per heavy atom. The van der Waals surface area contributed by atoms with Gasteiger partial charge in [-0.05, 0) is 55.4 Å². The Labute approximate surface area is 183 Å². The molecule has 5 rings (SSSR count). The molecule has 4 heterocycles. The molecule has 7 heteroatoms. The van der Waals surface area contributed by atoms with Crippen LogP contribution in [0.3, 0.4) is 0 Å². The summed E-state index contributed by atoms with van der Waals surface area (Å²) in [4.78, 5) is 21.1. The monoisotopic (exact) mass is 436 g/mol. The van der Waals surface area contributed by atoms with Gasteiger partial charge >= 0.3 is 0 Å². The van der Waals surface area contributed by atoms with E-state index in [4.69, 9.17) is 11.6 Å². The summed E-state index contributed by atoms with van der Waals surface area (Å²) in [6, 6.07) is 16.2. The molecule has 1 fully saturated rings. The Bertz CT molecular complexity index is 1250. The fraction of sp³-hybridized carbons (Fsp3) is 0.217. The minimum atomic E-state index is -0.0244. The molecule has 0 unspecified atom stereocenters. The van der Waals surface area contributed by atoms with Gasteiger partial charge in [0.25, 0.3) is 5.56 Å². The summed E-state index contributed by atoms with van der Waals surface area (Å²) in [6.45, 7) is 1.95. The van der Waals surface area contributed by atoms with E-state index in [9.17, 15) is 4.79 Å². The molecule has 0 bridgehead atoms. The molecular weight excluding hydrogens is 416 g/mol. The molecular formula is C23H21ClN4OS. The zero-order valence-electron chi connectivity index (χ0n) is 16.5. The number of likely N-dealkylation sites (N-methyl/N-ethyl adjacent to an activating group) is 1. The van der Waals surface area contributed by atoms with Gasteiger partial charge in [0.1, 0.15) is 10.5 Å². The van der Waals surface area contributed by atoms with Crippen molar-refractivity contribution >= 4 is 38.8 Å². The number of rotatable bonds is 4. The minimum absolute atomic E-state index is 0.0244. The second-order valence-electron chi connectivity index (χ2n) is 7.49. The number of nitrogens with zero attached hydrogens (tertiary/aromatic N) is 3. The summed E-state index contributed by atoms with van der Waals surface area (Å²) >= 11 is 7.50. The van der Waals surface area contributed by atoms with Crippen molar-refractivity contribution in [1.29, 1.82) is 0 Å². The molecule has 0 spiro atoms. The normalized spacial score (nSPS) is 16.5. The average Bonchev–Trinajstić information content (AvgIpc) is 3.42. The van der Waals surface area contributed by atoms with Gasteiger partial charge in [-0.2, -0.15) is 0 Å². The van der Waals surface area contributed by atoms with Crippen molar-refractivity contribution in [3.63, 3.8) is 0 Å². The van der Waals surface area contributed by atoms with Crippen LogP contribution in [0.1, 0.15) is 6.42 Å². The highest BCUT2D eigenvalue weighted by Crippen LogP contribution is 2.32. The molecule has 1 aliphatic heterocycles. The Balaban J connectivity index is 1.46. The van der Waals surface area contributed by atoms with Crippen molar-refractivity contribution in [2.45, 2.75) is 12.5 Å². The zero-order valence-corrected chi connectivity index (χ0v) is 18.1. The van der Waals surface area contributed by atoms with E-state index < -0.39 is 0 Å². The van der Waals surface area contributed by atoms with Gasteiger partial charge in [0.15, 0.2) is 0 Å². The maximum absolute atomic E-state index is 13.2. The maximum Gasteiger partial charge on any atom is 0.273 e. The lowest BCUT2D eigenvalue weighted by molar-refractivity contribution is 0.616. The average molecular weight is 437 g/mol. The van der Waals surface area contributed by atoms with Crippen molar-refractivity contribution < 1.29 is 0 Å². The van der Waals surface area contributed by atoms with E-state index in [-0.39, 0.29) is 5.56 Å². The molecule has 30 heavy (non-hydrogen) atoms. The number of halogens is 1. The molecule has 1 N–H and O–H groups in total. The van der Waals surface area contributed by atoms with Crippen LogP contribution >= 0.6 is 22.9 Å². The molecule has 4 aromatic rings. The number of hydrogen-bond donors (Lipinski definition) is 1. The summed E-state index contributed by atoms with van der Waals surface area (Å²) < 4.78 is 2.41. The molecule has 1 atom stereocenters. The highest BCUT2D eigenvalue weighted by Gasteiger charge is 2.22. The zero-order chi connectivity index (χ0) is 20.7. The number of hydrogen-bond acceptors (Lipinski definition) is 5. The Kier molecular flexibility index (Phi) is 5.06. The van der Waals surface area contributed by atoms with Gasteiger partial charge < -0.3 is 10.2 Å². The van der Waals surface area contributed by atoms with E-state index in [0.717, 1.165) is 51.5 Å². The third-order valence-electron chi connectivity index (χ3n) is 5.64. The molecule has 1 aromatic carbocycles. The summed E-state index contributed by atoms with van der Waals surface area (Å²) in [7, 11) is 2.00. The molecule has 1 aliphatic rings. The molecule has 0 aliphatic carbocycles. The van der Waals surface area contributed by atoms with Gasteiger partial charge in [-0.3, -0.25) is 9.36 Å². The van der Waals surface area contributed by atoms with Crippen LogP contribution in [0.5, 0.6) is 0 Å². The Hall–Kier alpha value is -2.67. The van der Waals surface area contributed by atoms with Crippen molar-refractivity contribution in [3.8, 4) is 16.1 Å². The van der Waals surface area contributed by atoms with Crippen LogP contribution in [0.4, 0.5) is 5.82 Å². The molecule has 1 saturated heterocycles. The highest BCUT2D eigenvalue weighted by molar-refractivity contribution is 7.22. The number of thiophene rings is 1. The van der Waals surface area contributed by atoms with Crippen LogP contribution in [0, 0.1) is 0 Å². The maximum atomic E-state index is 13.2. The number of nitrogens with one attached hydrogen (secondary N) is 1. The van der Waals surface area contributed by atoms with E-state index in [0.29, 0.717) is 11.1 Å². The lowest BCUT2D eigenvalue weighted by atomic mass is 10.2. The summed E-state index contributed by atoms with van der Waals surface area (Å²) in [5, 5.41) is 4.97. The van der Waals surface area contributed by atoms with E-state index in [1.54, 1.807) is 10.8 Å². The van der Waals surface area contributed by atoms with Crippen LogP contribution in [0.25, 0.3) is 26.2 Å². The van der Waals surface area contributed by atoms with Crippen molar-refractivity contribution in [1.82, 2.24) is 14.9 Å². The van der Waals surface area contributed by atoms with Gasteiger partial charge in [-0.25, -0.2) is 4.98 Å². The molecule has 152 valence electrons. The van der Waals surface area contributed by atoms with E-state index >= 15 is 0 Å². The van der Waals surface area contributed by atoms with E-state index in [1.807, 2.05) is 55.7 Å². The van der Waals surface area contributed by atoms with Crippen LogP contribution in [0.2, 0.25) is 5.02 Å². The topological polar surface area (TPSA) is 50.2 Å². The lowest BCUT2D eigenvalue weighted by Gasteiger charge is -2.17. The number of pyridine rings is 2. The second kappa shape index (κ2) is 7.87. The predicted octanol–water partition coefficient (Wildman–Crippen LogP) is 4.57. The largest absolute Gasteiger partial charge is 0.355 e. The van der Waals surface area contributed by atoms with Crippen LogP contribution in [-0.4, -0.2) is 35.7 Å². The Morgan fingerprint density at radius 1 is 1.17 bits per heavy atom. The molecule has 3 aromatic heterocycles. The van der Waals surface area contributed by atoms with Gasteiger partial charge in [0.05, 0.1) is 11.9 Å². The minimum Gasteiger partial charge on any atom is -0.355 e. The molecule has 5 nitrogen and oxygen atoms in total. The predicted molar refractivity (Wildman–Crippen MR) is 125 cm³/mol. The third kappa shape index (κ3) is 3.51. The van der Waals surface area contributed by atoms with Crippen LogP contribution in [-0.2, 0) is 0 Å². The van der Waals surface area contributed by atoms with Crippen molar-refractivity contribution in [2.24, 2.45) is 0 Å². The molecule has 0 radical (unpaired) electrons. The number of fused-ring (bicyclic) bond motifs is 1. The summed E-state index contributed by atoms with van der Waals surface area (Å²) in [5.41, 5.74) is 1.81. The lowest BCUT2D eigenvalue weighted by Crippen LogP contribution is -2.29. The smallest absolute Gasteiger partial charge is 0.273 e. The summed E-state index contributed by atoms with van der Waals surface area (Å²) in [5.74, 6) is 0.951. The van der Waals surface area contributed by atoms with Crippen molar-refractivity contribution in [3.05, 3.63) is 76.3 Å². The van der Waals surface area contributed by atoms with Crippen LogP contribution < -0.4 is 15.8 Å². The fourth-order valence-electron chi connectivity index (χ4n) is 3.90. The molecule has 0 amide bonds. The first-order valence-corrected chi connectivity index (χ1v) is 11.1. The van der Waals surface area contributed by atoms with Gasteiger partial charge in [-0.15, -0.1) is 11.3 Å². The Morgan fingerprint density at radius 2 is 2.00 bits per heavy atom. The van der Waals surface area contributed by atoms with E-state index in [1.165, 1.54) is 11.3 Å². The number of aromatic nitrogens is 2. The number of benzene rings is 1. The van der Waals surface area contributed by atoms with Crippen molar-refractivity contribution in [2.75, 3.05) is 25.0 Å². The fourth-order valence-corrected chi connectivity index (χ4v) is 5.12. The quantitative estimate of drug-likeness (QED) is 0.509. The SMILES string of the molecule is CN[C@@H]1CCN(c2ccc(-n3ccc4cc(-c5ccc(Cl)cc5)sc4c3=O)cn2)C1. The summed E-state index contributed by atoms with van der Waals surface area (Å²) in [6.07, 6.45) is 4.72. The van der Waals surface area contributed by atoms with Gasteiger partial charge in [0.2, 0.25) is 0 Å². The highest BCUT2D eigenvalue weighted by atomic mass is 35.5. The van der Waals surface area contributed by atoms with E-state index in [2.05, 4.69) is 21.3 Å².